The number of nitrogens with zero attached hydrogens (tertiary/aromatic N) is 1. The van der Waals surface area contributed by atoms with Crippen LogP contribution in [0.3, 0.4) is 0 Å². The molecule has 0 amide bonds. The molecule has 0 saturated carbocycles. The van der Waals surface area contributed by atoms with Gasteiger partial charge in [0.05, 0.1) is 16.7 Å². The fourth-order valence-electron chi connectivity index (χ4n) is 6.12. The summed E-state index contributed by atoms with van der Waals surface area (Å²) in [5.41, 5.74) is 8.67. The molecule has 0 aliphatic carbocycles. The largest absolute Gasteiger partial charge is 0.358 e. The summed E-state index contributed by atoms with van der Waals surface area (Å²) in [6, 6.07) is 22.8. The van der Waals surface area contributed by atoms with Crippen molar-refractivity contribution in [1.82, 2.24) is 4.57 Å². The van der Waals surface area contributed by atoms with Crippen LogP contribution in [0.5, 0.6) is 0 Å². The molecule has 1 aromatic heterocycles. The first-order valence-corrected chi connectivity index (χ1v) is 16.1. The van der Waals surface area contributed by atoms with E-state index in [1.807, 2.05) is 55.4 Å². The molecular formula is C40H67NY3-2. The standard InChI is InChI=1S/C27H29N.C3H8.4C2H6.2CH3.3Y/c1-6-19-15-16-21-20-11-7-9-13-23(20)28-24-14-10-8-12-22(24)27(17(2)3,18(4)5)25(19)26(21)28;1-3-2;4*1-2;;;;;/h7-18H,6H2,1-5H3;3H2,1-2H3;4*1-2H3;2*1H3;;;/q;;;;;;2*-1;;;. The maximum absolute atomic E-state index is 2.54. The summed E-state index contributed by atoms with van der Waals surface area (Å²) in [6.07, 6.45) is 2.32. The van der Waals surface area contributed by atoms with Crippen LogP contribution in [-0.4, -0.2) is 4.57 Å². The van der Waals surface area contributed by atoms with Crippen LogP contribution in [0.15, 0.2) is 60.7 Å². The molecular weight excluding hydrogens is 761 g/mol. The van der Waals surface area contributed by atoms with E-state index >= 15 is 0 Å². The van der Waals surface area contributed by atoms with Crippen molar-refractivity contribution in [3.05, 3.63) is 92.2 Å². The molecule has 1 nitrogen and oxygen atoms in total. The Morgan fingerprint density at radius 2 is 1.02 bits per heavy atom. The van der Waals surface area contributed by atoms with E-state index < -0.39 is 0 Å². The molecule has 1 aliphatic rings. The summed E-state index contributed by atoms with van der Waals surface area (Å²) in [5.74, 6) is 1.02. The van der Waals surface area contributed by atoms with Gasteiger partial charge in [-0.3, -0.25) is 0 Å². The third-order valence-corrected chi connectivity index (χ3v) is 7.13. The monoisotopic (exact) mass is 828 g/mol. The fourth-order valence-corrected chi connectivity index (χ4v) is 6.12. The van der Waals surface area contributed by atoms with E-state index in [-0.39, 0.29) is 118 Å². The first-order valence-electron chi connectivity index (χ1n) is 16.1. The van der Waals surface area contributed by atoms with E-state index in [1.165, 1.54) is 45.0 Å². The maximum atomic E-state index is 2.54. The van der Waals surface area contributed by atoms with Gasteiger partial charge >= 0.3 is 0 Å². The third kappa shape index (κ3) is 11.2. The molecule has 3 radical (unpaired) electrons. The SMILES string of the molecule is CC.CC.CC.CC.CCC.CCc1ccc2c3ccccc3n3c2c1C(C(C)C)(C(C)C)c1ccccc1-3.[CH3-].[CH3-].[Y].[Y].[Y]. The summed E-state index contributed by atoms with van der Waals surface area (Å²) < 4.78 is 2.54. The molecule has 3 aromatic carbocycles. The molecule has 1 aliphatic heterocycles. The van der Waals surface area contributed by atoms with Crippen molar-refractivity contribution in [2.75, 3.05) is 0 Å². The normalized spacial score (nSPS) is 10.5. The number of rotatable bonds is 3. The van der Waals surface area contributed by atoms with Crippen molar-refractivity contribution >= 4 is 21.8 Å². The van der Waals surface area contributed by atoms with Gasteiger partial charge in [0.1, 0.15) is 0 Å². The average molecular weight is 829 g/mol. The zero-order valence-corrected chi connectivity index (χ0v) is 40.5. The minimum Gasteiger partial charge on any atom is -0.358 e. The van der Waals surface area contributed by atoms with Crippen LogP contribution in [0.2, 0.25) is 0 Å². The number of aromatic nitrogens is 1. The second-order valence-electron chi connectivity index (χ2n) is 9.60. The van der Waals surface area contributed by atoms with Gasteiger partial charge in [-0.2, -0.15) is 0 Å². The Morgan fingerprint density at radius 3 is 1.48 bits per heavy atom. The predicted octanol–water partition coefficient (Wildman–Crippen LogP) is 13.7. The second-order valence-corrected chi connectivity index (χ2v) is 9.60. The van der Waals surface area contributed by atoms with Crippen molar-refractivity contribution in [1.29, 1.82) is 0 Å². The van der Waals surface area contributed by atoms with E-state index in [0.29, 0.717) is 11.8 Å². The van der Waals surface area contributed by atoms with Crippen molar-refractivity contribution in [2.45, 2.75) is 122 Å². The Labute approximate surface area is 351 Å². The van der Waals surface area contributed by atoms with Crippen LogP contribution in [-0.2, 0) is 110 Å². The molecule has 44 heavy (non-hydrogen) atoms. The van der Waals surface area contributed by atoms with Gasteiger partial charge in [0.2, 0.25) is 0 Å². The van der Waals surface area contributed by atoms with Crippen LogP contribution in [0.25, 0.3) is 27.5 Å². The van der Waals surface area contributed by atoms with Gasteiger partial charge in [-0.05, 0) is 47.1 Å². The van der Waals surface area contributed by atoms with Crippen molar-refractivity contribution in [2.24, 2.45) is 11.8 Å². The Hall–Kier alpha value is 0.772. The molecule has 0 N–H and O–H groups in total. The molecule has 2 heterocycles. The molecule has 0 saturated heterocycles. The van der Waals surface area contributed by atoms with Crippen molar-refractivity contribution < 1.29 is 98.1 Å². The van der Waals surface area contributed by atoms with Crippen LogP contribution < -0.4 is 0 Å². The Morgan fingerprint density at radius 1 is 0.591 bits per heavy atom. The third-order valence-electron chi connectivity index (χ3n) is 7.13. The minimum absolute atomic E-state index is 0. The minimum atomic E-state index is 0. The van der Waals surface area contributed by atoms with Gasteiger partial charge in [0, 0.05) is 114 Å². The van der Waals surface area contributed by atoms with Crippen LogP contribution in [0.1, 0.15) is 127 Å². The number of fused-ring (bicyclic) bond motifs is 5. The molecule has 0 bridgehead atoms. The molecule has 243 valence electrons. The summed E-state index contributed by atoms with van der Waals surface area (Å²) >= 11 is 0. The molecule has 4 heteroatoms. The number of hydrogen-bond donors (Lipinski definition) is 0. The van der Waals surface area contributed by atoms with Crippen molar-refractivity contribution in [3.8, 4) is 5.69 Å². The van der Waals surface area contributed by atoms with Gasteiger partial charge in [0.15, 0.2) is 0 Å². The van der Waals surface area contributed by atoms with Crippen LogP contribution in [0.4, 0.5) is 0 Å². The molecule has 0 fully saturated rings. The zero-order valence-electron chi connectivity index (χ0n) is 32.0. The van der Waals surface area contributed by atoms with Crippen LogP contribution in [0, 0.1) is 26.7 Å². The molecule has 4 aromatic rings. The van der Waals surface area contributed by atoms with Gasteiger partial charge in [-0.25, -0.2) is 0 Å². The first-order chi connectivity index (χ1) is 18.9. The van der Waals surface area contributed by atoms with E-state index in [9.17, 15) is 0 Å². The molecule has 5 rings (SSSR count). The maximum Gasteiger partial charge on any atom is 0.0585 e. The summed E-state index contributed by atoms with van der Waals surface area (Å²) in [5, 5.41) is 2.75. The molecule has 0 unspecified atom stereocenters. The Kier molecular flexibility index (Phi) is 38.7. The summed E-state index contributed by atoms with van der Waals surface area (Å²) in [4.78, 5) is 0. The predicted molar refractivity (Wildman–Crippen MR) is 195 cm³/mol. The van der Waals surface area contributed by atoms with E-state index in [0.717, 1.165) is 6.42 Å². The van der Waals surface area contributed by atoms with E-state index in [1.54, 1.807) is 5.56 Å². The number of hydrogen-bond acceptors (Lipinski definition) is 0. The van der Waals surface area contributed by atoms with Gasteiger partial charge in [-0.1, -0.05) is 159 Å². The average Bonchev–Trinajstić information content (AvgIpc) is 3.33. The molecule has 0 atom stereocenters. The molecule has 0 spiro atoms. The fraction of sp³-hybridized carbons (Fsp3) is 0.500. The van der Waals surface area contributed by atoms with Gasteiger partial charge < -0.3 is 19.4 Å². The van der Waals surface area contributed by atoms with E-state index in [2.05, 4.69) is 114 Å². The Balaban J connectivity index is -0.000000204. The smallest absolute Gasteiger partial charge is 0.0585 e. The first kappa shape index (κ1) is 57.1. The number of para-hydroxylation sites is 2. The van der Waals surface area contributed by atoms with E-state index in [4.69, 9.17) is 0 Å². The zero-order chi connectivity index (χ0) is 30.3. The number of benzene rings is 3. The van der Waals surface area contributed by atoms with Crippen LogP contribution >= 0.6 is 0 Å². The quantitative estimate of drug-likeness (QED) is 0.181. The van der Waals surface area contributed by atoms with Gasteiger partial charge in [-0.15, -0.1) is 0 Å². The van der Waals surface area contributed by atoms with Gasteiger partial charge in [0.25, 0.3) is 0 Å². The second kappa shape index (κ2) is 29.9. The summed E-state index contributed by atoms with van der Waals surface area (Å²) in [7, 11) is 0. The topological polar surface area (TPSA) is 4.93 Å². The Bertz CT molecular complexity index is 1230. The van der Waals surface area contributed by atoms with Crippen molar-refractivity contribution in [3.63, 3.8) is 0 Å². The number of aryl methyl sites for hydroxylation is 1. The summed E-state index contributed by atoms with van der Waals surface area (Å²) in [6.45, 7) is 32.2.